The lowest BCUT2D eigenvalue weighted by Crippen LogP contribution is -2.41. The Morgan fingerprint density at radius 3 is 2.37 bits per heavy atom. The second-order valence-corrected chi connectivity index (χ2v) is 15.7. The number of rotatable bonds is 12. The van der Waals surface area contributed by atoms with Gasteiger partial charge in [0, 0.05) is 17.2 Å². The van der Waals surface area contributed by atoms with Crippen LogP contribution in [-0.4, -0.2) is 56.0 Å². The molecule has 7 rings (SSSR count). The number of hydrogen-bond donors (Lipinski definition) is 2. The lowest BCUT2D eigenvalue weighted by atomic mass is 9.91. The third kappa shape index (κ3) is 8.72. The van der Waals surface area contributed by atoms with E-state index in [1.165, 1.54) is 4.90 Å². The molecule has 0 saturated carbocycles. The SMILES string of the molecule is Cc1nnc(SC[C@H]2O[C@@H](c3ccc(-c4ccccc4CN4C(=O)CC(NC(=O)OCc5ccccc5)C4=O)cc3)O[C@@H](c3ccc(CO)cc3)[C@H]2C)s1. The Hall–Kier alpha value is -4.92. The van der Waals surface area contributed by atoms with Crippen LogP contribution in [0.2, 0.25) is 0 Å². The van der Waals surface area contributed by atoms with E-state index in [2.05, 4.69) is 22.4 Å². The van der Waals surface area contributed by atoms with Crippen LogP contribution in [0.15, 0.2) is 107 Å². The fourth-order valence-electron chi connectivity index (χ4n) is 6.60. The molecule has 2 aliphatic rings. The summed E-state index contributed by atoms with van der Waals surface area (Å²) in [5, 5.41) is 21.5. The standard InChI is InChI=1S/C41H40N4O7S2/c1-25-35(24-53-41-44-43-26(2)54-41)51-39(52-37(25)30-14-12-27(22-46)13-15-30)31-18-16-29(17-19-31)33-11-7-6-10-32(33)21-45-36(47)20-34(38(45)48)42-40(49)50-23-28-8-4-3-5-9-28/h3-19,25,34-35,37,39,46H,20-24H2,1-2H3,(H,42,49)/t25-,34?,35+,37+,39+/m0/s1. The van der Waals surface area contributed by atoms with Crippen LogP contribution in [0.1, 0.15) is 58.6 Å². The average molecular weight is 765 g/mol. The molecule has 1 aromatic heterocycles. The Labute approximate surface area is 321 Å². The van der Waals surface area contributed by atoms with Crippen molar-refractivity contribution < 1.29 is 33.7 Å². The third-order valence-corrected chi connectivity index (χ3v) is 11.7. The van der Waals surface area contributed by atoms with Crippen LogP contribution in [0.4, 0.5) is 4.79 Å². The first kappa shape index (κ1) is 37.4. The van der Waals surface area contributed by atoms with Gasteiger partial charge >= 0.3 is 6.09 Å². The number of thioether (sulfide) groups is 1. The summed E-state index contributed by atoms with van der Waals surface area (Å²) in [5.41, 5.74) is 6.05. The van der Waals surface area contributed by atoms with E-state index in [4.69, 9.17) is 14.2 Å². The highest BCUT2D eigenvalue weighted by Gasteiger charge is 2.41. The van der Waals surface area contributed by atoms with Crippen LogP contribution in [0.25, 0.3) is 11.1 Å². The zero-order valence-electron chi connectivity index (χ0n) is 29.8. The van der Waals surface area contributed by atoms with Gasteiger partial charge in [0.25, 0.3) is 5.91 Å². The lowest BCUT2D eigenvalue weighted by molar-refractivity contribution is -0.268. The van der Waals surface area contributed by atoms with Gasteiger partial charge in [-0.15, -0.1) is 10.2 Å². The van der Waals surface area contributed by atoms with Gasteiger partial charge in [-0.2, -0.15) is 0 Å². The van der Waals surface area contributed by atoms with Gasteiger partial charge < -0.3 is 24.6 Å². The maximum absolute atomic E-state index is 13.3. The fourth-order valence-corrected chi connectivity index (χ4v) is 8.60. The molecular weight excluding hydrogens is 725 g/mol. The third-order valence-electron chi connectivity index (χ3n) is 9.59. The first-order valence-electron chi connectivity index (χ1n) is 17.7. The Kier molecular flexibility index (Phi) is 11.8. The van der Waals surface area contributed by atoms with Gasteiger partial charge in [0.05, 0.1) is 31.8 Å². The minimum absolute atomic E-state index is 0.0274. The molecule has 54 heavy (non-hydrogen) atoms. The molecule has 2 aliphatic heterocycles. The molecule has 0 aliphatic carbocycles. The van der Waals surface area contributed by atoms with Crippen molar-refractivity contribution in [1.82, 2.24) is 20.4 Å². The van der Waals surface area contributed by atoms with E-state index in [9.17, 15) is 19.5 Å². The molecular formula is C41H40N4O7S2. The van der Waals surface area contributed by atoms with E-state index in [0.29, 0.717) is 5.75 Å². The smallest absolute Gasteiger partial charge is 0.408 e. The second-order valence-electron chi connectivity index (χ2n) is 13.3. The minimum Gasteiger partial charge on any atom is -0.445 e. The number of imide groups is 1. The maximum atomic E-state index is 13.3. The van der Waals surface area contributed by atoms with Crippen molar-refractivity contribution in [2.75, 3.05) is 5.75 Å². The molecule has 3 amide bonds. The summed E-state index contributed by atoms with van der Waals surface area (Å²) in [7, 11) is 0. The van der Waals surface area contributed by atoms with Gasteiger partial charge in [0.2, 0.25) is 5.91 Å². The molecule has 0 bridgehead atoms. The Morgan fingerprint density at radius 1 is 0.926 bits per heavy atom. The van der Waals surface area contributed by atoms with Gasteiger partial charge in [-0.1, -0.05) is 133 Å². The molecule has 2 N–H and O–H groups in total. The van der Waals surface area contributed by atoms with Gasteiger partial charge in [0.15, 0.2) is 10.6 Å². The van der Waals surface area contributed by atoms with Crippen LogP contribution in [0.5, 0.6) is 0 Å². The fraction of sp³-hybridized carbons (Fsp3) is 0.293. The Morgan fingerprint density at radius 2 is 1.65 bits per heavy atom. The number of alkyl carbamates (subject to hydrolysis) is 1. The first-order chi connectivity index (χ1) is 26.2. The summed E-state index contributed by atoms with van der Waals surface area (Å²) in [4.78, 5) is 40.0. The first-order valence-corrected chi connectivity index (χ1v) is 19.5. The molecule has 3 heterocycles. The van der Waals surface area contributed by atoms with E-state index in [1.807, 2.05) is 110 Å². The van der Waals surface area contributed by atoms with Crippen molar-refractivity contribution in [2.24, 2.45) is 5.92 Å². The molecule has 278 valence electrons. The van der Waals surface area contributed by atoms with Gasteiger partial charge in [-0.05, 0) is 40.3 Å². The van der Waals surface area contributed by atoms with E-state index >= 15 is 0 Å². The van der Waals surface area contributed by atoms with Crippen LogP contribution >= 0.6 is 23.1 Å². The molecule has 13 heteroatoms. The lowest BCUT2D eigenvalue weighted by Gasteiger charge is -2.41. The van der Waals surface area contributed by atoms with Crippen LogP contribution in [0, 0.1) is 12.8 Å². The van der Waals surface area contributed by atoms with E-state index in [-0.39, 0.29) is 50.2 Å². The van der Waals surface area contributed by atoms with Gasteiger partial charge in [-0.25, -0.2) is 4.79 Å². The number of aryl methyl sites for hydroxylation is 1. The average Bonchev–Trinajstić information content (AvgIpc) is 3.74. The summed E-state index contributed by atoms with van der Waals surface area (Å²) in [6.45, 7) is 4.15. The van der Waals surface area contributed by atoms with Crippen molar-refractivity contribution in [3.05, 3.63) is 136 Å². The highest BCUT2D eigenvalue weighted by Crippen LogP contribution is 2.43. The Bertz CT molecular complexity index is 2080. The molecule has 5 atom stereocenters. The zero-order valence-corrected chi connectivity index (χ0v) is 31.4. The van der Waals surface area contributed by atoms with Crippen molar-refractivity contribution in [1.29, 1.82) is 0 Å². The normalized spacial score (nSPS) is 21.3. The number of benzene rings is 4. The minimum atomic E-state index is -0.994. The summed E-state index contributed by atoms with van der Waals surface area (Å²) >= 11 is 3.18. The summed E-state index contributed by atoms with van der Waals surface area (Å²) in [6.07, 6.45) is -1.93. The molecule has 2 saturated heterocycles. The van der Waals surface area contributed by atoms with E-state index in [1.54, 1.807) is 23.1 Å². The van der Waals surface area contributed by atoms with E-state index in [0.717, 1.165) is 48.3 Å². The topological polar surface area (TPSA) is 140 Å². The largest absolute Gasteiger partial charge is 0.445 e. The molecule has 11 nitrogen and oxygen atoms in total. The molecule has 2 fully saturated rings. The monoisotopic (exact) mass is 764 g/mol. The quantitative estimate of drug-likeness (QED) is 0.0995. The number of nitrogens with one attached hydrogen (secondary N) is 1. The highest BCUT2D eigenvalue weighted by atomic mass is 32.2. The van der Waals surface area contributed by atoms with Crippen LogP contribution in [0.3, 0.4) is 0 Å². The number of aromatic nitrogens is 2. The summed E-state index contributed by atoms with van der Waals surface area (Å²) in [6, 6.07) is 31.6. The highest BCUT2D eigenvalue weighted by molar-refractivity contribution is 8.01. The number of carbonyl (C=O) groups is 3. The molecule has 5 aromatic rings. The zero-order chi connectivity index (χ0) is 37.6. The summed E-state index contributed by atoms with van der Waals surface area (Å²) in [5.74, 6) is -0.142. The predicted molar refractivity (Wildman–Crippen MR) is 204 cm³/mol. The number of aliphatic hydroxyl groups is 1. The number of carbonyl (C=O) groups excluding carboxylic acids is 3. The van der Waals surface area contributed by atoms with Crippen molar-refractivity contribution >= 4 is 41.0 Å². The predicted octanol–water partition coefficient (Wildman–Crippen LogP) is 7.14. The number of likely N-dealkylation sites (tertiary alicyclic amines) is 1. The molecule has 4 aromatic carbocycles. The van der Waals surface area contributed by atoms with Gasteiger partial charge in [-0.3, -0.25) is 14.5 Å². The molecule has 0 radical (unpaired) electrons. The van der Waals surface area contributed by atoms with Crippen LogP contribution < -0.4 is 5.32 Å². The Balaban J connectivity index is 1.04. The molecule has 0 spiro atoms. The summed E-state index contributed by atoms with van der Waals surface area (Å²) < 4.78 is 19.4. The van der Waals surface area contributed by atoms with Crippen LogP contribution in [-0.2, 0) is 43.6 Å². The van der Waals surface area contributed by atoms with Crippen molar-refractivity contribution in [3.8, 4) is 11.1 Å². The number of amides is 3. The number of nitrogens with zero attached hydrogens (tertiary/aromatic N) is 3. The van der Waals surface area contributed by atoms with Crippen molar-refractivity contribution in [3.63, 3.8) is 0 Å². The van der Waals surface area contributed by atoms with Crippen molar-refractivity contribution in [2.45, 2.75) is 68.9 Å². The molecule has 1 unspecified atom stereocenters. The number of ether oxygens (including phenoxy) is 3. The maximum Gasteiger partial charge on any atom is 0.408 e. The van der Waals surface area contributed by atoms with Gasteiger partial charge in [0.1, 0.15) is 17.7 Å². The second kappa shape index (κ2) is 17.0. The van der Waals surface area contributed by atoms with E-state index < -0.39 is 24.3 Å². The number of hydrogen-bond acceptors (Lipinski definition) is 11. The number of aliphatic hydroxyl groups excluding tert-OH is 1.